The van der Waals surface area contributed by atoms with E-state index in [0.717, 1.165) is 102 Å². The zero-order valence-corrected chi connectivity index (χ0v) is 77.4. The molecule has 16 aromatic rings. The second-order valence-corrected chi connectivity index (χ2v) is 32.0. The number of para-hydroxylation sites is 7. The molecule has 0 saturated carbocycles. The Labute approximate surface area is 747 Å². The molecule has 6 aromatic heterocycles. The molecule has 0 aliphatic heterocycles. The number of benzene rings is 10. The Bertz CT molecular complexity index is 6130. The molecule has 0 aliphatic rings. The molecule has 0 spiro atoms. The van der Waals surface area contributed by atoms with Crippen molar-refractivity contribution in [2.24, 2.45) is 0 Å². The molecule has 0 amide bonds. The molecule has 0 bridgehead atoms. The molecule has 0 radical (unpaired) electrons. The minimum Gasteiger partial charge on any atom is -0.506 e. The normalized spacial score (nSPS) is 11.3. The number of aromatic nitrogens is 15. The zero-order valence-electron chi connectivity index (χ0n) is 70.6. The number of rotatable bonds is 20. The summed E-state index contributed by atoms with van der Waals surface area (Å²) in [6.45, 7) is 37.2. The van der Waals surface area contributed by atoms with E-state index in [9.17, 15) is 15.3 Å². The van der Waals surface area contributed by atoms with Gasteiger partial charge >= 0.3 is 0 Å². The van der Waals surface area contributed by atoms with Gasteiger partial charge in [-0.15, -0.1) is 88.1 Å². The van der Waals surface area contributed by atoms with Crippen molar-refractivity contribution in [3.05, 3.63) is 312 Å². The first kappa shape index (κ1) is 89.5. The first-order valence-corrected chi connectivity index (χ1v) is 40.2. The van der Waals surface area contributed by atoms with Gasteiger partial charge in [0.1, 0.15) is 70.8 Å². The predicted octanol–water partition coefficient (Wildman–Crippen LogP) is 23.3. The van der Waals surface area contributed by atoms with Gasteiger partial charge in [-0.05, 0) is 179 Å². The van der Waals surface area contributed by atoms with Crippen molar-refractivity contribution < 1.29 is 78.5 Å². The maximum Gasteiger partial charge on any atom is 0.141 e. The van der Waals surface area contributed by atoms with E-state index in [-0.39, 0.29) is 92.3 Å². The summed E-state index contributed by atoms with van der Waals surface area (Å²) in [7, 11) is 0. The van der Waals surface area contributed by atoms with E-state index >= 15 is 0 Å². The monoisotopic (exact) mass is 2130 g/mol. The molecule has 16 rings (SSSR count). The van der Waals surface area contributed by atoms with E-state index in [1.807, 2.05) is 143 Å². The Morgan fingerprint density at radius 2 is 0.550 bits per heavy atom. The zero-order chi connectivity index (χ0) is 82.6. The van der Waals surface area contributed by atoms with Gasteiger partial charge in [0.15, 0.2) is 0 Å². The molecule has 18 nitrogen and oxygen atoms in total. The van der Waals surface area contributed by atoms with Crippen LogP contribution in [0.15, 0.2) is 237 Å². The third-order valence-corrected chi connectivity index (χ3v) is 21.3. The van der Waals surface area contributed by atoms with Crippen LogP contribution in [0.1, 0.15) is 194 Å². The molecule has 120 heavy (non-hydrogen) atoms. The summed E-state index contributed by atoms with van der Waals surface area (Å²) in [6, 6.07) is 82.6. The first-order valence-electron chi connectivity index (χ1n) is 40.2. The maximum absolute atomic E-state index is 10.4. The number of aromatic hydroxyl groups is 3. The number of aryl methyl sites for hydroxylation is 3. The van der Waals surface area contributed by atoms with Gasteiger partial charge in [-0.1, -0.05) is 227 Å². The fourth-order valence-electron chi connectivity index (χ4n) is 15.1. The molecule has 0 saturated heterocycles. The smallest absolute Gasteiger partial charge is 0.141 e. The van der Waals surface area contributed by atoms with Crippen molar-refractivity contribution in [3.63, 3.8) is 0 Å². The van der Waals surface area contributed by atoms with Crippen molar-refractivity contribution >= 4 is 0 Å². The molecule has 10 aromatic carbocycles. The molecular formula is C99H100N15O3Pt3-3. The van der Waals surface area contributed by atoms with Gasteiger partial charge in [-0.2, -0.15) is 15.3 Å². The minimum atomic E-state index is 0. The van der Waals surface area contributed by atoms with Crippen molar-refractivity contribution in [3.8, 4) is 130 Å². The van der Waals surface area contributed by atoms with E-state index in [2.05, 4.69) is 232 Å². The summed E-state index contributed by atoms with van der Waals surface area (Å²) in [6.07, 6.45) is 5.41. The molecule has 0 aliphatic carbocycles. The van der Waals surface area contributed by atoms with Gasteiger partial charge in [0, 0.05) is 114 Å². The van der Waals surface area contributed by atoms with Crippen LogP contribution in [0.3, 0.4) is 0 Å². The largest absolute Gasteiger partial charge is 0.506 e. The predicted molar refractivity (Wildman–Crippen MR) is 468 cm³/mol. The summed E-state index contributed by atoms with van der Waals surface area (Å²) in [5.41, 5.74) is 26.8. The van der Waals surface area contributed by atoms with E-state index in [1.54, 1.807) is 56.8 Å². The van der Waals surface area contributed by atoms with Crippen molar-refractivity contribution in [1.82, 2.24) is 73.6 Å². The minimum absolute atomic E-state index is 0. The third kappa shape index (κ3) is 18.8. The van der Waals surface area contributed by atoms with Crippen LogP contribution >= 0.6 is 0 Å². The second-order valence-electron chi connectivity index (χ2n) is 32.0. The number of phenols is 3. The Morgan fingerprint density at radius 3 is 0.850 bits per heavy atom. The van der Waals surface area contributed by atoms with Crippen LogP contribution in [0.25, 0.3) is 113 Å². The number of nitrogens with zero attached hydrogens (tertiary/aromatic N) is 15. The Hall–Kier alpha value is -11.3. The summed E-state index contributed by atoms with van der Waals surface area (Å²) in [5.74, 6) is 5.16. The van der Waals surface area contributed by atoms with Crippen LogP contribution in [0.4, 0.5) is 0 Å². The van der Waals surface area contributed by atoms with Gasteiger partial charge in [-0.25, -0.2) is 29.3 Å². The third-order valence-electron chi connectivity index (χ3n) is 21.3. The summed E-state index contributed by atoms with van der Waals surface area (Å²) < 4.78 is 11.6. The van der Waals surface area contributed by atoms with Crippen LogP contribution < -0.4 is 0 Å². The number of hydrogen-bond acceptors (Lipinski definition) is 12. The fourth-order valence-corrected chi connectivity index (χ4v) is 15.1. The summed E-state index contributed by atoms with van der Waals surface area (Å²) in [4.78, 5) is 0. The molecule has 0 unspecified atom stereocenters. The maximum atomic E-state index is 10.4. The van der Waals surface area contributed by atoms with E-state index in [0.29, 0.717) is 46.7 Å². The van der Waals surface area contributed by atoms with Crippen molar-refractivity contribution in [2.75, 3.05) is 0 Å². The number of hydrogen-bond donors (Lipinski definition) is 3. The van der Waals surface area contributed by atoms with Crippen LogP contribution in [-0.2, 0) is 63.2 Å². The summed E-state index contributed by atoms with van der Waals surface area (Å²) >= 11 is 0. The van der Waals surface area contributed by atoms with E-state index in [4.69, 9.17) is 15.3 Å². The fraction of sp³-hybridized carbons (Fsp3) is 0.242. The standard InChI is InChI=1S/C36H34N5O.C33H36N5O.C30H30N5O.3Pt/c1-23(2)30-20-29(26-12-7-6-8-13-26)21-31(24(3)4)35(30)40-22-37-38-36(40)28-15-11-14-27(19-28)32-18-25(5)41(39-32)33-16-9-10-17-34(33)42;1-20(2)26-17-27(21(3)4)32(28(18-26)22(5)6)37-19-34-35-33(37)25-12-10-11-24(16-25)29-15-23(7)38(36-29)30-13-8-9-14-31(30)39;1-19(2)24-12-9-13-25(20(3)4)29(24)34-18-31-32-30(34)23-11-8-10-22(17-23)26-16-21(5)35(33-26)27-14-6-7-15-28(27)36;;;/h6-18,20-24,42H,1-5H3;8-15,17-22,39H,1-7H3;6-16,18-20,36H,1-5H3;;;/q3*-1;;;. The van der Waals surface area contributed by atoms with E-state index in [1.165, 1.54) is 50.1 Å². The van der Waals surface area contributed by atoms with Crippen molar-refractivity contribution in [1.29, 1.82) is 0 Å². The molecular weight excluding hydrogens is 2030 g/mol. The Morgan fingerprint density at radius 1 is 0.275 bits per heavy atom. The summed E-state index contributed by atoms with van der Waals surface area (Å²) in [5, 5.41) is 72.1. The van der Waals surface area contributed by atoms with Crippen LogP contribution in [0.2, 0.25) is 0 Å². The second kappa shape index (κ2) is 38.8. The van der Waals surface area contributed by atoms with Gasteiger partial charge < -0.3 is 29.0 Å². The average Bonchev–Trinajstić information content (AvgIpc) is 1.41. The molecule has 21 heteroatoms. The molecule has 6 heterocycles. The molecule has 622 valence electrons. The average molecular weight is 2130 g/mol. The first-order chi connectivity index (χ1) is 56.3. The molecule has 0 atom stereocenters. The van der Waals surface area contributed by atoms with Gasteiger partial charge in [0.2, 0.25) is 0 Å². The topological polar surface area (TPSA) is 206 Å². The number of phenolic OH excluding ortho intramolecular Hbond substituents is 3. The van der Waals surface area contributed by atoms with E-state index < -0.39 is 0 Å². The molecule has 0 fully saturated rings. The van der Waals surface area contributed by atoms with Crippen LogP contribution in [0, 0.1) is 39.0 Å². The molecule has 3 N–H and O–H groups in total. The van der Waals surface area contributed by atoms with Crippen LogP contribution in [0.5, 0.6) is 17.2 Å². The van der Waals surface area contributed by atoms with Gasteiger partial charge in [0.05, 0.1) is 0 Å². The Kier molecular flexibility index (Phi) is 29.0. The Balaban J connectivity index is 0.000000174. The van der Waals surface area contributed by atoms with Gasteiger partial charge in [0.25, 0.3) is 0 Å². The SMILES string of the molecule is Cc1cc(-c2[c-]c(-c3nncn3-c3c(C(C)C)cc(-c4ccccc4)cc3C(C)C)ccc2)nn1-c1ccccc1O.Cc1cc(-c2[c-]c(-c3nncn3-c3c(C(C)C)cc(C(C)C)cc3C(C)C)ccc2)nn1-c1ccccc1O.Cc1cc(-c2[c-]c(-c3nncn3-c3c(C(C)C)cccc3C(C)C)ccc2)nn1-c1ccccc1O.[Pt].[Pt].[Pt]. The quantitative estimate of drug-likeness (QED) is 0.0610. The van der Waals surface area contributed by atoms with Crippen LogP contribution in [-0.4, -0.2) is 89.0 Å². The van der Waals surface area contributed by atoms with Crippen molar-refractivity contribution in [2.45, 2.75) is 159 Å². The van der Waals surface area contributed by atoms with Gasteiger partial charge in [-0.3, -0.25) is 0 Å².